The van der Waals surface area contributed by atoms with Crippen LogP contribution in [0, 0.1) is 0 Å². The summed E-state index contributed by atoms with van der Waals surface area (Å²) in [6.45, 7) is 1.51. The number of methoxy groups -OCH3 is 1. The summed E-state index contributed by atoms with van der Waals surface area (Å²) in [5.41, 5.74) is 0. The molecule has 0 heterocycles. The Labute approximate surface area is 81.5 Å². The molecule has 0 rings (SSSR count). The van der Waals surface area contributed by atoms with Crippen molar-refractivity contribution in [2.45, 2.75) is 12.8 Å². The van der Waals surface area contributed by atoms with Crippen LogP contribution in [0.15, 0.2) is 0 Å². The summed E-state index contributed by atoms with van der Waals surface area (Å²) in [6.07, 6.45) is 2.89. The summed E-state index contributed by atoms with van der Waals surface area (Å²) in [5, 5.41) is 3.10. The van der Waals surface area contributed by atoms with Crippen molar-refractivity contribution in [3.8, 4) is 0 Å². The molecule has 78 valence electrons. The highest BCUT2D eigenvalue weighted by Gasteiger charge is 1.98. The fourth-order valence-corrected chi connectivity index (χ4v) is 1.23. The molecule has 1 atom stereocenters. The van der Waals surface area contributed by atoms with E-state index in [-0.39, 0.29) is 5.97 Å². The molecule has 0 bridgehead atoms. The highest BCUT2D eigenvalue weighted by atomic mass is 32.2. The monoisotopic (exact) mass is 207 g/mol. The highest BCUT2D eigenvalue weighted by molar-refractivity contribution is 7.84. The molecule has 1 N–H and O–H groups in total. The minimum atomic E-state index is -0.736. The van der Waals surface area contributed by atoms with Crippen molar-refractivity contribution in [3.05, 3.63) is 0 Å². The third-order valence-corrected chi connectivity index (χ3v) is 2.31. The molecular formula is C8H17NO3S. The molecule has 0 aliphatic rings. The molecule has 0 aromatic carbocycles. The van der Waals surface area contributed by atoms with Crippen molar-refractivity contribution in [1.82, 2.24) is 5.32 Å². The van der Waals surface area contributed by atoms with Gasteiger partial charge in [0.1, 0.15) is 0 Å². The SMILES string of the molecule is COC(=O)CCCNCCS(C)=O. The zero-order valence-electron chi connectivity index (χ0n) is 8.17. The van der Waals surface area contributed by atoms with Crippen molar-refractivity contribution in [3.63, 3.8) is 0 Å². The zero-order chi connectivity index (χ0) is 10.1. The van der Waals surface area contributed by atoms with Gasteiger partial charge in [-0.05, 0) is 13.0 Å². The maximum Gasteiger partial charge on any atom is 0.305 e. The molecule has 4 nitrogen and oxygen atoms in total. The van der Waals surface area contributed by atoms with E-state index < -0.39 is 10.8 Å². The zero-order valence-corrected chi connectivity index (χ0v) is 8.99. The smallest absolute Gasteiger partial charge is 0.305 e. The van der Waals surface area contributed by atoms with E-state index in [2.05, 4.69) is 10.1 Å². The third kappa shape index (κ3) is 9.49. The molecule has 0 aliphatic carbocycles. The van der Waals surface area contributed by atoms with Crippen LogP contribution in [0.2, 0.25) is 0 Å². The fraction of sp³-hybridized carbons (Fsp3) is 0.875. The Hall–Kier alpha value is -0.420. The molecule has 0 aromatic rings. The van der Waals surface area contributed by atoms with E-state index in [1.807, 2.05) is 0 Å². The Morgan fingerprint density at radius 2 is 2.15 bits per heavy atom. The number of rotatable bonds is 7. The van der Waals surface area contributed by atoms with Gasteiger partial charge < -0.3 is 10.1 Å². The van der Waals surface area contributed by atoms with Crippen LogP contribution in [0.25, 0.3) is 0 Å². The second-order valence-corrected chi connectivity index (χ2v) is 4.26. The summed E-state index contributed by atoms with van der Waals surface area (Å²) in [7, 11) is 0.649. The summed E-state index contributed by atoms with van der Waals surface area (Å²) in [6, 6.07) is 0. The maximum atomic E-state index is 10.7. The Morgan fingerprint density at radius 3 is 2.69 bits per heavy atom. The van der Waals surface area contributed by atoms with Crippen molar-refractivity contribution in [2.24, 2.45) is 0 Å². The molecule has 5 heteroatoms. The van der Waals surface area contributed by atoms with Crippen LogP contribution in [-0.4, -0.2) is 42.4 Å². The van der Waals surface area contributed by atoms with Gasteiger partial charge in [0.05, 0.1) is 7.11 Å². The summed E-state index contributed by atoms with van der Waals surface area (Å²) in [5.74, 6) is 0.485. The molecule has 0 fully saturated rings. The first-order valence-electron chi connectivity index (χ1n) is 4.24. The van der Waals surface area contributed by atoms with Crippen LogP contribution in [0.3, 0.4) is 0 Å². The normalized spacial score (nSPS) is 12.5. The number of ether oxygens (including phenoxy) is 1. The second-order valence-electron chi connectivity index (χ2n) is 2.71. The van der Waals surface area contributed by atoms with Crippen LogP contribution in [0.5, 0.6) is 0 Å². The molecule has 13 heavy (non-hydrogen) atoms. The first-order valence-corrected chi connectivity index (χ1v) is 5.97. The number of esters is 1. The fourth-order valence-electron chi connectivity index (χ4n) is 0.801. The van der Waals surface area contributed by atoms with E-state index in [0.29, 0.717) is 12.2 Å². The van der Waals surface area contributed by atoms with Crippen molar-refractivity contribution in [2.75, 3.05) is 32.2 Å². The molecule has 0 amide bonds. The van der Waals surface area contributed by atoms with Crippen molar-refractivity contribution in [1.29, 1.82) is 0 Å². The van der Waals surface area contributed by atoms with Gasteiger partial charge in [0.15, 0.2) is 0 Å². The predicted octanol–water partition coefficient (Wildman–Crippen LogP) is -0.0923. The third-order valence-electron chi connectivity index (χ3n) is 1.53. The average Bonchev–Trinajstić information content (AvgIpc) is 2.10. The van der Waals surface area contributed by atoms with E-state index in [0.717, 1.165) is 19.5 Å². The molecule has 0 aromatic heterocycles. The van der Waals surface area contributed by atoms with Gasteiger partial charge in [-0.15, -0.1) is 0 Å². The van der Waals surface area contributed by atoms with Gasteiger partial charge >= 0.3 is 5.97 Å². The number of nitrogens with one attached hydrogen (secondary N) is 1. The first-order chi connectivity index (χ1) is 6.16. The van der Waals surface area contributed by atoms with Gasteiger partial charge in [-0.25, -0.2) is 0 Å². The molecule has 0 saturated carbocycles. The number of carbonyl (C=O) groups excluding carboxylic acids is 1. The van der Waals surface area contributed by atoms with Gasteiger partial charge in [-0.1, -0.05) is 0 Å². The molecule has 0 saturated heterocycles. The lowest BCUT2D eigenvalue weighted by Gasteiger charge is -2.02. The summed E-state index contributed by atoms with van der Waals surface area (Å²) < 4.78 is 15.1. The van der Waals surface area contributed by atoms with Gasteiger partial charge in [0.25, 0.3) is 0 Å². The molecular weight excluding hydrogens is 190 g/mol. The predicted molar refractivity (Wildman–Crippen MR) is 53.1 cm³/mol. The van der Waals surface area contributed by atoms with E-state index in [9.17, 15) is 9.00 Å². The minimum Gasteiger partial charge on any atom is -0.469 e. The second kappa shape index (κ2) is 8.19. The lowest BCUT2D eigenvalue weighted by molar-refractivity contribution is -0.140. The van der Waals surface area contributed by atoms with Gasteiger partial charge in [0.2, 0.25) is 0 Å². The quantitative estimate of drug-likeness (QED) is 0.468. The lowest BCUT2D eigenvalue weighted by atomic mass is 10.3. The van der Waals surface area contributed by atoms with Gasteiger partial charge in [0, 0.05) is 35.8 Å². The molecule has 1 unspecified atom stereocenters. The van der Waals surface area contributed by atoms with Crippen LogP contribution >= 0.6 is 0 Å². The largest absolute Gasteiger partial charge is 0.469 e. The number of hydrogen-bond donors (Lipinski definition) is 1. The first kappa shape index (κ1) is 12.6. The molecule has 0 spiro atoms. The van der Waals surface area contributed by atoms with Gasteiger partial charge in [-0.3, -0.25) is 9.00 Å². The van der Waals surface area contributed by atoms with Crippen molar-refractivity contribution >= 4 is 16.8 Å². The van der Waals surface area contributed by atoms with Gasteiger partial charge in [-0.2, -0.15) is 0 Å². The Bertz CT molecular complexity index is 173. The topological polar surface area (TPSA) is 55.4 Å². The highest BCUT2D eigenvalue weighted by Crippen LogP contribution is 1.89. The average molecular weight is 207 g/mol. The van der Waals surface area contributed by atoms with E-state index in [4.69, 9.17) is 0 Å². The van der Waals surface area contributed by atoms with Crippen LogP contribution < -0.4 is 5.32 Å². The number of carbonyl (C=O) groups is 1. The van der Waals surface area contributed by atoms with Crippen LogP contribution in [-0.2, 0) is 20.3 Å². The standard InChI is InChI=1S/C8H17NO3S/c1-12-8(10)4-3-5-9-6-7-13(2)11/h9H,3-7H2,1-2H3. The Kier molecular flexibility index (Phi) is 7.93. The summed E-state index contributed by atoms with van der Waals surface area (Å²) >= 11 is 0. The van der Waals surface area contributed by atoms with Crippen LogP contribution in [0.1, 0.15) is 12.8 Å². The van der Waals surface area contributed by atoms with E-state index in [1.54, 1.807) is 6.26 Å². The Morgan fingerprint density at radius 1 is 1.46 bits per heavy atom. The minimum absolute atomic E-state index is 0.180. The van der Waals surface area contributed by atoms with Crippen LogP contribution in [0.4, 0.5) is 0 Å². The number of hydrogen-bond acceptors (Lipinski definition) is 4. The molecule has 0 aliphatic heterocycles. The van der Waals surface area contributed by atoms with E-state index in [1.165, 1.54) is 7.11 Å². The van der Waals surface area contributed by atoms with E-state index >= 15 is 0 Å². The van der Waals surface area contributed by atoms with Crippen molar-refractivity contribution < 1.29 is 13.7 Å². The maximum absolute atomic E-state index is 10.7. The lowest BCUT2D eigenvalue weighted by Crippen LogP contribution is -2.21. The Balaban J connectivity index is 3.08. The summed E-state index contributed by atoms with van der Waals surface area (Å²) in [4.78, 5) is 10.7. The molecule has 0 radical (unpaired) electrons.